The SMILES string of the molecule is CC(C)(C)NNC(=O)c1cc(Cl)cc(Cl)c1.CCc1ccc(OCC(=O)NNc2ccc(COO)cc2)cc1.COCC(=O)NNc1cc(C)ccc1OC.COCC(=O)NNc1ccccc1OC.COc1ccccc1NNC=O.Cc1ccc(NNC(=O)COc2ccccc2)cc1. The Bertz CT molecular complexity index is 3710. The van der Waals surface area contributed by atoms with Gasteiger partial charge in [0, 0.05) is 35.4 Å². The van der Waals surface area contributed by atoms with Crippen LogP contribution >= 0.6 is 23.2 Å². The minimum Gasteiger partial charge on any atom is -0.495 e. The molecule has 6 amide bonds. The maximum absolute atomic E-state index is 11.7. The molecule has 8 rings (SSSR count). The highest BCUT2D eigenvalue weighted by molar-refractivity contribution is 6.35. The van der Waals surface area contributed by atoms with Gasteiger partial charge in [-0.05, 0) is 161 Å². The molecule has 8 aromatic rings. The average molecular weight is 1430 g/mol. The summed E-state index contributed by atoms with van der Waals surface area (Å²) in [5.41, 5.74) is 39.9. The van der Waals surface area contributed by atoms with Gasteiger partial charge in [-0.3, -0.25) is 93.7 Å². The Labute approximate surface area is 598 Å². The van der Waals surface area contributed by atoms with Crippen LogP contribution in [0.25, 0.3) is 0 Å². The molecule has 0 aliphatic rings. The van der Waals surface area contributed by atoms with Crippen LogP contribution in [0.15, 0.2) is 188 Å². The maximum Gasteiger partial charge on any atom is 0.276 e. The third-order valence-electron chi connectivity index (χ3n) is 12.5. The number of amides is 6. The predicted molar refractivity (Wildman–Crippen MR) is 392 cm³/mol. The van der Waals surface area contributed by atoms with Gasteiger partial charge in [-0.2, -0.15) is 0 Å². The van der Waals surface area contributed by atoms with Crippen molar-refractivity contribution in [2.75, 3.05) is 89.1 Å². The van der Waals surface area contributed by atoms with Crippen LogP contribution in [0, 0.1) is 13.8 Å². The molecular formula is C72H90Cl2N12O15. The Balaban J connectivity index is 0.000000319. The number of hydrazine groups is 6. The number of carbonyl (C=O) groups is 6. The van der Waals surface area contributed by atoms with Crippen LogP contribution in [0.1, 0.15) is 60.3 Å². The van der Waals surface area contributed by atoms with Crippen molar-refractivity contribution in [3.63, 3.8) is 0 Å². The smallest absolute Gasteiger partial charge is 0.276 e. The van der Waals surface area contributed by atoms with E-state index in [1.807, 2.05) is 144 Å². The maximum atomic E-state index is 11.7. The summed E-state index contributed by atoms with van der Waals surface area (Å²) < 4.78 is 35.4. The van der Waals surface area contributed by atoms with E-state index in [0.29, 0.717) is 67.8 Å². The van der Waals surface area contributed by atoms with E-state index in [1.165, 1.54) is 25.3 Å². The lowest BCUT2D eigenvalue weighted by atomic mass is 10.1. The van der Waals surface area contributed by atoms with E-state index in [0.717, 1.165) is 28.9 Å². The number of nitrogens with one attached hydrogen (secondary N) is 12. The van der Waals surface area contributed by atoms with Crippen LogP contribution < -0.4 is 88.8 Å². The number of methoxy groups -OCH3 is 5. The Morgan fingerprint density at radius 1 is 0.455 bits per heavy atom. The number of anilines is 5. The molecule has 0 heterocycles. The van der Waals surface area contributed by atoms with Crippen LogP contribution in [-0.4, -0.2) is 109 Å². The summed E-state index contributed by atoms with van der Waals surface area (Å²) in [5.74, 6) is 2.08. The number of halogens is 2. The molecule has 0 unspecified atom stereocenters. The molecule has 0 saturated carbocycles. The number of hydrogen-bond donors (Lipinski definition) is 13. The number of benzene rings is 8. The first-order valence-electron chi connectivity index (χ1n) is 30.9. The third-order valence-corrected chi connectivity index (χ3v) is 12.9. The second-order valence-electron chi connectivity index (χ2n) is 21.8. The van der Waals surface area contributed by atoms with Crippen molar-refractivity contribution in [3.05, 3.63) is 226 Å². The molecular weight excluding hydrogens is 1340 g/mol. The first kappa shape index (κ1) is 84.2. The van der Waals surface area contributed by atoms with E-state index in [9.17, 15) is 28.8 Å². The number of hydrogen-bond acceptors (Lipinski definition) is 21. The van der Waals surface area contributed by atoms with Gasteiger partial charge in [0.2, 0.25) is 6.41 Å². The first-order valence-corrected chi connectivity index (χ1v) is 31.7. The van der Waals surface area contributed by atoms with Gasteiger partial charge in [0.05, 0.1) is 49.8 Å². The lowest BCUT2D eigenvalue weighted by Crippen LogP contribution is -2.48. The monoisotopic (exact) mass is 1430 g/mol. The average Bonchev–Trinajstić information content (AvgIpc) is 1.12. The first-order chi connectivity index (χ1) is 48.5. The van der Waals surface area contributed by atoms with Crippen molar-refractivity contribution in [3.8, 4) is 28.7 Å². The van der Waals surface area contributed by atoms with Gasteiger partial charge < -0.3 is 33.2 Å². The van der Waals surface area contributed by atoms with Gasteiger partial charge in [-0.25, -0.2) is 10.3 Å². The quantitative estimate of drug-likeness (QED) is 0.0118. The molecule has 0 aromatic heterocycles. The van der Waals surface area contributed by atoms with E-state index in [-0.39, 0.29) is 68.1 Å². The van der Waals surface area contributed by atoms with E-state index < -0.39 is 0 Å². The number of para-hydroxylation sites is 5. The molecule has 0 aliphatic heterocycles. The molecule has 0 radical (unpaired) electrons. The van der Waals surface area contributed by atoms with E-state index in [4.69, 9.17) is 52.1 Å². The van der Waals surface area contributed by atoms with Crippen LogP contribution in [0.5, 0.6) is 28.7 Å². The van der Waals surface area contributed by atoms with Gasteiger partial charge in [0.15, 0.2) is 13.2 Å². The normalized spacial score (nSPS) is 9.92. The highest BCUT2D eigenvalue weighted by atomic mass is 35.5. The van der Waals surface area contributed by atoms with Crippen molar-refractivity contribution >= 4 is 87.6 Å². The molecule has 0 aliphatic carbocycles. The van der Waals surface area contributed by atoms with Crippen LogP contribution in [0.2, 0.25) is 10.0 Å². The molecule has 0 bridgehead atoms. The summed E-state index contributed by atoms with van der Waals surface area (Å²) in [6, 6.07) is 56.6. The topological polar surface area (TPSA) is 341 Å². The van der Waals surface area contributed by atoms with Gasteiger partial charge >= 0.3 is 0 Å². The molecule has 0 fully saturated rings. The molecule has 29 heteroatoms. The van der Waals surface area contributed by atoms with Gasteiger partial charge in [-0.1, -0.05) is 121 Å². The largest absolute Gasteiger partial charge is 0.495 e. The number of carbonyl (C=O) groups excluding carboxylic acids is 6. The zero-order chi connectivity index (χ0) is 74.2. The van der Waals surface area contributed by atoms with Crippen LogP contribution in [-0.2, 0) is 51.4 Å². The zero-order valence-corrected chi connectivity index (χ0v) is 59.6. The summed E-state index contributed by atoms with van der Waals surface area (Å²) in [6.07, 6.45) is 1.53. The summed E-state index contributed by atoms with van der Waals surface area (Å²) in [5, 5.41) is 9.24. The Morgan fingerprint density at radius 3 is 1.36 bits per heavy atom. The lowest BCUT2D eigenvalue weighted by Gasteiger charge is -2.20. The fourth-order valence-electron chi connectivity index (χ4n) is 7.52. The van der Waals surface area contributed by atoms with E-state index in [2.05, 4.69) is 86.4 Å². The Morgan fingerprint density at radius 2 is 0.881 bits per heavy atom. The van der Waals surface area contributed by atoms with Crippen molar-refractivity contribution < 1.29 is 72.1 Å². The van der Waals surface area contributed by atoms with Crippen molar-refractivity contribution in [2.45, 2.75) is 60.1 Å². The molecule has 0 atom stereocenters. The highest BCUT2D eigenvalue weighted by Gasteiger charge is 2.14. The van der Waals surface area contributed by atoms with Gasteiger partial charge in [0.25, 0.3) is 29.5 Å². The van der Waals surface area contributed by atoms with Gasteiger partial charge in [-0.15, -0.1) is 0 Å². The molecule has 0 spiro atoms. The summed E-state index contributed by atoms with van der Waals surface area (Å²) >= 11 is 11.6. The summed E-state index contributed by atoms with van der Waals surface area (Å²) in [7, 11) is 7.64. The summed E-state index contributed by atoms with van der Waals surface area (Å²) in [6.45, 7) is 11.9. The number of rotatable bonds is 29. The van der Waals surface area contributed by atoms with Crippen LogP contribution in [0.3, 0.4) is 0 Å². The standard InChI is InChI=1S/C17H20N2O4.C15H16N2O2.C11H14Cl2N2O.C11H16N2O3.C10H14N2O3.C8H10N2O2/c1-2-13-5-9-16(10-6-13)22-12-17(20)19-18-15-7-3-14(4-8-15)11-23-21;1-12-7-9-13(10-8-12)16-17-15(18)11-19-14-5-3-2-4-6-14;1-11(2,3)15-14-10(16)7-4-8(12)6-9(13)5-7;1-8-4-5-10(16-3)9(6-8)12-13-11(14)7-15-2;1-14-7-10(13)12-11-8-5-3-4-6-9(8)15-2;1-12-8-5-3-2-4-7(8)10-9-6-11/h3-10,18,21H,2,11-12H2,1H3,(H,19,20);2-10,16H,11H2,1H3,(H,17,18);4-6,15H,1-3H3,(H,14,16);4-6,12H,7H2,1-3H3,(H,13,14);3-6,11H,7H2,1-2H3,(H,12,13);2-6,10H,1H3,(H,9,11). The molecule has 8 aromatic carbocycles. The molecule has 542 valence electrons. The predicted octanol–water partition coefficient (Wildman–Crippen LogP) is 11.0. The van der Waals surface area contributed by atoms with E-state index >= 15 is 0 Å². The Kier molecular flexibility index (Phi) is 40.5. The number of aryl methyl sites for hydroxylation is 3. The second kappa shape index (κ2) is 48.6. The summed E-state index contributed by atoms with van der Waals surface area (Å²) in [4.78, 5) is 71.2. The molecule has 27 nitrogen and oxygen atoms in total. The minimum absolute atomic E-state index is 0.0150. The highest BCUT2D eigenvalue weighted by Crippen LogP contribution is 2.26. The molecule has 0 saturated heterocycles. The second-order valence-corrected chi connectivity index (χ2v) is 22.6. The minimum atomic E-state index is -0.285. The number of ether oxygens (including phenoxy) is 7. The Hall–Kier alpha value is -11.0. The molecule has 101 heavy (non-hydrogen) atoms. The fourth-order valence-corrected chi connectivity index (χ4v) is 8.05. The lowest BCUT2D eigenvalue weighted by molar-refractivity contribution is -0.253. The van der Waals surface area contributed by atoms with Crippen molar-refractivity contribution in [1.29, 1.82) is 0 Å². The third kappa shape index (κ3) is 36.9. The zero-order valence-electron chi connectivity index (χ0n) is 58.1. The van der Waals surface area contributed by atoms with E-state index in [1.54, 1.807) is 100 Å². The van der Waals surface area contributed by atoms with Crippen molar-refractivity contribution in [1.82, 2.24) is 38.0 Å². The molecule has 13 N–H and O–H groups in total. The van der Waals surface area contributed by atoms with Crippen molar-refractivity contribution in [2.24, 2.45) is 0 Å². The fraction of sp³-hybridized carbons (Fsp3) is 0.250. The van der Waals surface area contributed by atoms with Gasteiger partial charge in [0.1, 0.15) is 48.6 Å². The van der Waals surface area contributed by atoms with Crippen LogP contribution in [0.4, 0.5) is 28.4 Å².